The first-order valence-corrected chi connectivity index (χ1v) is 5.60. The van der Waals surface area contributed by atoms with Crippen molar-refractivity contribution < 1.29 is 8.78 Å². The van der Waals surface area contributed by atoms with Crippen molar-refractivity contribution in [2.45, 2.75) is 6.92 Å². The summed E-state index contributed by atoms with van der Waals surface area (Å²) in [5.74, 6) is -1.46. The number of aryl methyl sites for hydroxylation is 1. The molecule has 4 nitrogen and oxygen atoms in total. The van der Waals surface area contributed by atoms with Gasteiger partial charge in [0.05, 0.1) is 5.69 Å². The summed E-state index contributed by atoms with van der Waals surface area (Å²) in [4.78, 5) is 18.1. The lowest BCUT2D eigenvalue weighted by Crippen LogP contribution is -2.07. The Bertz CT molecular complexity index is 836. The molecule has 6 heteroatoms. The molecule has 96 valence electrons. The SMILES string of the molecule is Cc1nc2ccc(=O)[nH]c2n1-c1cccc(F)c1F. The summed E-state index contributed by atoms with van der Waals surface area (Å²) in [5.41, 5.74) is 0.544. The number of halogens is 2. The van der Waals surface area contributed by atoms with Gasteiger partial charge in [0.25, 0.3) is 0 Å². The summed E-state index contributed by atoms with van der Waals surface area (Å²) >= 11 is 0. The standard InChI is InChI=1S/C13H9F2N3O/c1-7-16-9-5-6-11(19)17-13(9)18(7)10-4-2-3-8(14)12(10)15/h2-6H,1H3,(H,17,19). The molecule has 0 radical (unpaired) electrons. The Morgan fingerprint density at radius 3 is 2.79 bits per heavy atom. The summed E-state index contributed by atoms with van der Waals surface area (Å²) in [6, 6.07) is 6.74. The number of fused-ring (bicyclic) bond motifs is 1. The molecule has 0 spiro atoms. The quantitative estimate of drug-likeness (QED) is 0.730. The normalized spacial score (nSPS) is 11.1. The summed E-state index contributed by atoms with van der Waals surface area (Å²) in [6.45, 7) is 1.66. The number of hydrogen-bond donors (Lipinski definition) is 1. The Balaban J connectivity index is 2.42. The van der Waals surface area contributed by atoms with E-state index < -0.39 is 11.6 Å². The fourth-order valence-electron chi connectivity index (χ4n) is 2.06. The van der Waals surface area contributed by atoms with E-state index >= 15 is 0 Å². The van der Waals surface area contributed by atoms with Crippen LogP contribution in [0.15, 0.2) is 35.1 Å². The average Bonchev–Trinajstić information content (AvgIpc) is 2.69. The molecule has 0 amide bonds. The van der Waals surface area contributed by atoms with Crippen LogP contribution in [-0.2, 0) is 0 Å². The maximum Gasteiger partial charge on any atom is 0.249 e. The highest BCUT2D eigenvalue weighted by atomic mass is 19.2. The van der Waals surface area contributed by atoms with Crippen LogP contribution in [0.2, 0.25) is 0 Å². The Labute approximate surface area is 106 Å². The van der Waals surface area contributed by atoms with Crippen molar-refractivity contribution in [3.8, 4) is 5.69 Å². The molecule has 0 saturated heterocycles. The average molecular weight is 261 g/mol. The minimum atomic E-state index is -0.977. The molecule has 0 aliphatic rings. The highest BCUT2D eigenvalue weighted by Gasteiger charge is 2.15. The lowest BCUT2D eigenvalue weighted by Gasteiger charge is -2.08. The minimum absolute atomic E-state index is 0.0156. The number of aromatic nitrogens is 3. The molecule has 0 saturated carbocycles. The summed E-state index contributed by atoms with van der Waals surface area (Å²) in [7, 11) is 0. The van der Waals surface area contributed by atoms with E-state index in [4.69, 9.17) is 0 Å². The highest BCUT2D eigenvalue weighted by molar-refractivity contribution is 5.73. The molecule has 0 aliphatic carbocycles. The Morgan fingerprint density at radius 2 is 2.00 bits per heavy atom. The third-order valence-corrected chi connectivity index (χ3v) is 2.88. The van der Waals surface area contributed by atoms with Crippen molar-refractivity contribution >= 4 is 11.2 Å². The molecule has 1 aromatic carbocycles. The first-order valence-electron chi connectivity index (χ1n) is 5.60. The molecular weight excluding hydrogens is 252 g/mol. The summed E-state index contributed by atoms with van der Waals surface area (Å²) in [6.07, 6.45) is 0. The molecule has 0 bridgehead atoms. The van der Waals surface area contributed by atoms with Gasteiger partial charge in [0.1, 0.15) is 17.0 Å². The number of H-pyrrole nitrogens is 1. The first kappa shape index (κ1) is 11.6. The predicted octanol–water partition coefficient (Wildman–Crippen LogP) is 2.30. The van der Waals surface area contributed by atoms with Gasteiger partial charge in [-0.3, -0.25) is 9.36 Å². The Hall–Kier alpha value is -2.50. The van der Waals surface area contributed by atoms with E-state index in [0.717, 1.165) is 6.07 Å². The fourth-order valence-corrected chi connectivity index (χ4v) is 2.06. The van der Waals surface area contributed by atoms with E-state index in [1.165, 1.54) is 28.8 Å². The van der Waals surface area contributed by atoms with Crippen LogP contribution in [0.5, 0.6) is 0 Å². The Morgan fingerprint density at radius 1 is 1.21 bits per heavy atom. The zero-order valence-electron chi connectivity index (χ0n) is 9.95. The van der Waals surface area contributed by atoms with Gasteiger partial charge >= 0.3 is 0 Å². The van der Waals surface area contributed by atoms with E-state index in [0.29, 0.717) is 17.0 Å². The van der Waals surface area contributed by atoms with Gasteiger partial charge in [0.2, 0.25) is 5.56 Å². The van der Waals surface area contributed by atoms with Crippen LogP contribution in [0.25, 0.3) is 16.9 Å². The van der Waals surface area contributed by atoms with Crippen LogP contribution < -0.4 is 5.56 Å². The van der Waals surface area contributed by atoms with Crippen LogP contribution in [0.3, 0.4) is 0 Å². The smallest absolute Gasteiger partial charge is 0.249 e. The first-order chi connectivity index (χ1) is 9.08. The third kappa shape index (κ3) is 1.72. The van der Waals surface area contributed by atoms with E-state index in [9.17, 15) is 13.6 Å². The van der Waals surface area contributed by atoms with Crippen LogP contribution in [0.4, 0.5) is 8.78 Å². The van der Waals surface area contributed by atoms with Gasteiger partial charge in [0, 0.05) is 6.07 Å². The number of aromatic amines is 1. The van der Waals surface area contributed by atoms with Gasteiger partial charge in [-0.05, 0) is 25.1 Å². The maximum absolute atomic E-state index is 13.9. The molecule has 3 rings (SSSR count). The molecule has 0 fully saturated rings. The van der Waals surface area contributed by atoms with Crippen LogP contribution in [0, 0.1) is 18.6 Å². The van der Waals surface area contributed by atoms with Crippen molar-refractivity contribution in [2.24, 2.45) is 0 Å². The largest absolute Gasteiger partial charge is 0.306 e. The van der Waals surface area contributed by atoms with Gasteiger partial charge in [-0.25, -0.2) is 13.8 Å². The van der Waals surface area contributed by atoms with Crippen LogP contribution in [-0.4, -0.2) is 14.5 Å². The van der Waals surface area contributed by atoms with E-state index in [-0.39, 0.29) is 11.2 Å². The molecular formula is C13H9F2N3O. The van der Waals surface area contributed by atoms with Gasteiger partial charge in [-0.1, -0.05) is 6.07 Å². The second-order valence-corrected chi connectivity index (χ2v) is 4.12. The zero-order chi connectivity index (χ0) is 13.6. The molecule has 0 atom stereocenters. The molecule has 2 heterocycles. The zero-order valence-corrected chi connectivity index (χ0v) is 9.95. The van der Waals surface area contributed by atoms with Crippen molar-refractivity contribution in [2.75, 3.05) is 0 Å². The number of imidazole rings is 1. The molecule has 0 unspecified atom stereocenters. The predicted molar refractivity (Wildman–Crippen MR) is 66.3 cm³/mol. The lowest BCUT2D eigenvalue weighted by atomic mass is 10.3. The maximum atomic E-state index is 13.9. The second kappa shape index (κ2) is 4.01. The van der Waals surface area contributed by atoms with E-state index in [1.807, 2.05) is 0 Å². The number of pyridine rings is 1. The molecule has 3 aromatic rings. The Kier molecular flexibility index (Phi) is 2.45. The monoisotopic (exact) mass is 261 g/mol. The molecule has 1 N–H and O–H groups in total. The van der Waals surface area contributed by atoms with Crippen LogP contribution in [0.1, 0.15) is 5.82 Å². The number of benzene rings is 1. The number of nitrogens with zero attached hydrogens (tertiary/aromatic N) is 2. The topological polar surface area (TPSA) is 50.7 Å². The van der Waals surface area contributed by atoms with Crippen molar-refractivity contribution in [3.63, 3.8) is 0 Å². The van der Waals surface area contributed by atoms with Crippen molar-refractivity contribution in [1.29, 1.82) is 0 Å². The lowest BCUT2D eigenvalue weighted by molar-refractivity contribution is 0.504. The van der Waals surface area contributed by atoms with Gasteiger partial charge in [-0.2, -0.15) is 0 Å². The van der Waals surface area contributed by atoms with Crippen LogP contribution >= 0.6 is 0 Å². The fraction of sp³-hybridized carbons (Fsp3) is 0.0769. The molecule has 2 aromatic heterocycles. The summed E-state index contributed by atoms with van der Waals surface area (Å²) < 4.78 is 28.5. The van der Waals surface area contributed by atoms with Gasteiger partial charge < -0.3 is 4.98 Å². The van der Waals surface area contributed by atoms with E-state index in [2.05, 4.69) is 9.97 Å². The van der Waals surface area contributed by atoms with Gasteiger partial charge in [0.15, 0.2) is 11.6 Å². The van der Waals surface area contributed by atoms with Gasteiger partial charge in [-0.15, -0.1) is 0 Å². The number of nitrogens with one attached hydrogen (secondary N) is 1. The third-order valence-electron chi connectivity index (χ3n) is 2.88. The second-order valence-electron chi connectivity index (χ2n) is 4.12. The minimum Gasteiger partial charge on any atom is -0.306 e. The van der Waals surface area contributed by atoms with E-state index in [1.54, 1.807) is 6.92 Å². The molecule has 0 aliphatic heterocycles. The molecule has 19 heavy (non-hydrogen) atoms. The number of hydrogen-bond acceptors (Lipinski definition) is 2. The van der Waals surface area contributed by atoms with Crippen molar-refractivity contribution in [1.82, 2.24) is 14.5 Å². The summed E-state index contributed by atoms with van der Waals surface area (Å²) in [5, 5.41) is 0. The van der Waals surface area contributed by atoms with Crippen molar-refractivity contribution in [3.05, 3.63) is 58.1 Å². The number of rotatable bonds is 1. The highest BCUT2D eigenvalue weighted by Crippen LogP contribution is 2.22.